The van der Waals surface area contributed by atoms with Crippen LogP contribution in [0.3, 0.4) is 0 Å². The van der Waals surface area contributed by atoms with E-state index in [0.29, 0.717) is 25.7 Å². The Morgan fingerprint density at radius 3 is 2.53 bits per heavy atom. The van der Waals surface area contributed by atoms with Gasteiger partial charge in [0.25, 0.3) is 0 Å². The summed E-state index contributed by atoms with van der Waals surface area (Å²) in [6.45, 7) is 3.76. The van der Waals surface area contributed by atoms with E-state index in [0.717, 1.165) is 32.5 Å². The van der Waals surface area contributed by atoms with Crippen molar-refractivity contribution in [2.45, 2.75) is 30.9 Å². The molecule has 2 aliphatic heterocycles. The number of aliphatic hydroxyl groups excluding tert-OH is 2. The van der Waals surface area contributed by atoms with Crippen molar-refractivity contribution in [3.8, 4) is 0 Å². The van der Waals surface area contributed by atoms with Gasteiger partial charge in [0.2, 0.25) is 0 Å². The molecule has 2 fully saturated rings. The lowest BCUT2D eigenvalue weighted by Crippen LogP contribution is -2.50. The van der Waals surface area contributed by atoms with Crippen molar-refractivity contribution in [2.75, 3.05) is 46.1 Å². The van der Waals surface area contributed by atoms with Gasteiger partial charge in [0.1, 0.15) is 0 Å². The molecule has 0 amide bonds. The molecule has 1 spiro atoms. The molecule has 0 aliphatic carbocycles. The molecule has 2 unspecified atom stereocenters. The first-order chi connectivity index (χ1) is 8.29. The van der Waals surface area contributed by atoms with Crippen molar-refractivity contribution < 1.29 is 19.7 Å². The van der Waals surface area contributed by atoms with E-state index in [9.17, 15) is 0 Å². The first kappa shape index (κ1) is 13.2. The van der Waals surface area contributed by atoms with Crippen LogP contribution in [0.4, 0.5) is 0 Å². The Balaban J connectivity index is 1.94. The van der Waals surface area contributed by atoms with Crippen LogP contribution in [0.2, 0.25) is 0 Å². The van der Waals surface area contributed by atoms with E-state index in [1.165, 1.54) is 0 Å². The van der Waals surface area contributed by atoms with Crippen LogP contribution in [0.5, 0.6) is 0 Å². The van der Waals surface area contributed by atoms with E-state index < -0.39 is 0 Å². The summed E-state index contributed by atoms with van der Waals surface area (Å²) in [6.07, 6.45) is 2.89. The van der Waals surface area contributed by atoms with E-state index in [-0.39, 0.29) is 18.8 Å². The molecule has 2 atom stereocenters. The van der Waals surface area contributed by atoms with Gasteiger partial charge < -0.3 is 19.7 Å². The van der Waals surface area contributed by atoms with Crippen LogP contribution in [-0.4, -0.2) is 72.9 Å². The van der Waals surface area contributed by atoms with Gasteiger partial charge >= 0.3 is 0 Å². The largest absolute Gasteiger partial charge is 0.395 e. The Bertz CT molecular complexity index is 225. The van der Waals surface area contributed by atoms with Crippen LogP contribution in [0.25, 0.3) is 0 Å². The van der Waals surface area contributed by atoms with Crippen LogP contribution in [0, 0.1) is 0 Å². The predicted octanol–water partition coefficient (Wildman–Crippen LogP) is -0.389. The molecule has 0 saturated carbocycles. The lowest BCUT2D eigenvalue weighted by molar-refractivity contribution is -0.108. The summed E-state index contributed by atoms with van der Waals surface area (Å²) in [5, 5.41) is 18.1. The summed E-state index contributed by atoms with van der Waals surface area (Å²) in [6, 6.07) is 0.393. The van der Waals surface area contributed by atoms with Crippen molar-refractivity contribution in [3.05, 3.63) is 0 Å². The fourth-order valence-electron chi connectivity index (χ4n) is 2.91. The second kappa shape index (κ2) is 6.11. The van der Waals surface area contributed by atoms with Gasteiger partial charge in [-0.3, -0.25) is 4.90 Å². The molecule has 5 nitrogen and oxygen atoms in total. The van der Waals surface area contributed by atoms with E-state index in [1.807, 2.05) is 0 Å². The van der Waals surface area contributed by atoms with Gasteiger partial charge in [0.15, 0.2) is 0 Å². The summed E-state index contributed by atoms with van der Waals surface area (Å²) < 4.78 is 11.3. The molecule has 2 aliphatic rings. The number of hydrogen-bond acceptors (Lipinski definition) is 5. The summed E-state index contributed by atoms with van der Waals surface area (Å²) in [5.41, 5.74) is -0.105. The highest BCUT2D eigenvalue weighted by Crippen LogP contribution is 2.34. The normalized spacial score (nSPS) is 33.7. The number of aliphatic hydroxyl groups is 2. The zero-order valence-corrected chi connectivity index (χ0v) is 10.3. The first-order valence-corrected chi connectivity index (χ1v) is 6.47. The van der Waals surface area contributed by atoms with Crippen molar-refractivity contribution in [2.24, 2.45) is 0 Å². The number of rotatable bonds is 5. The highest BCUT2D eigenvalue weighted by molar-refractivity contribution is 4.93. The quantitative estimate of drug-likeness (QED) is 0.691. The Labute approximate surface area is 102 Å². The van der Waals surface area contributed by atoms with Gasteiger partial charge in [-0.05, 0) is 12.8 Å². The van der Waals surface area contributed by atoms with Crippen LogP contribution in [-0.2, 0) is 9.47 Å². The van der Waals surface area contributed by atoms with Gasteiger partial charge in [-0.15, -0.1) is 0 Å². The van der Waals surface area contributed by atoms with Crippen molar-refractivity contribution in [3.63, 3.8) is 0 Å². The molecule has 2 N–H and O–H groups in total. The lowest BCUT2D eigenvalue weighted by Gasteiger charge is -2.42. The minimum Gasteiger partial charge on any atom is -0.395 e. The monoisotopic (exact) mass is 245 g/mol. The highest BCUT2D eigenvalue weighted by atomic mass is 16.6. The molecular weight excluding hydrogens is 222 g/mol. The van der Waals surface area contributed by atoms with Crippen LogP contribution < -0.4 is 0 Å². The van der Waals surface area contributed by atoms with Crippen LogP contribution in [0.1, 0.15) is 19.3 Å². The molecule has 0 aromatic heterocycles. The summed E-state index contributed by atoms with van der Waals surface area (Å²) in [5.74, 6) is 0. The van der Waals surface area contributed by atoms with E-state index >= 15 is 0 Å². The molecule has 0 aromatic rings. The summed E-state index contributed by atoms with van der Waals surface area (Å²) >= 11 is 0. The second-order valence-corrected chi connectivity index (χ2v) is 4.96. The highest BCUT2D eigenvalue weighted by Gasteiger charge is 2.42. The van der Waals surface area contributed by atoms with Crippen molar-refractivity contribution in [1.82, 2.24) is 4.90 Å². The van der Waals surface area contributed by atoms with Crippen LogP contribution >= 0.6 is 0 Å². The number of ether oxygens (including phenoxy) is 2. The Kier molecular flexibility index (Phi) is 4.76. The average Bonchev–Trinajstić information content (AvgIpc) is 2.77. The van der Waals surface area contributed by atoms with E-state index in [4.69, 9.17) is 19.7 Å². The fourth-order valence-corrected chi connectivity index (χ4v) is 2.91. The SMILES string of the molecule is OCCN(CCO)C1CCOC2(CCOC2)C1. The van der Waals surface area contributed by atoms with E-state index in [2.05, 4.69) is 4.90 Å². The third-order valence-electron chi connectivity index (χ3n) is 3.82. The molecule has 100 valence electrons. The molecule has 2 rings (SSSR count). The molecule has 2 saturated heterocycles. The molecule has 5 heteroatoms. The van der Waals surface area contributed by atoms with Crippen LogP contribution in [0.15, 0.2) is 0 Å². The van der Waals surface area contributed by atoms with Crippen molar-refractivity contribution in [1.29, 1.82) is 0 Å². The zero-order chi connectivity index (χ0) is 12.1. The van der Waals surface area contributed by atoms with E-state index in [1.54, 1.807) is 0 Å². The standard InChI is InChI=1S/C12H23NO4/c14-5-3-13(4-6-15)11-1-7-17-12(9-11)2-8-16-10-12/h11,14-15H,1-10H2. The Morgan fingerprint density at radius 2 is 1.94 bits per heavy atom. The fraction of sp³-hybridized carbons (Fsp3) is 1.00. The number of nitrogens with zero attached hydrogens (tertiary/aromatic N) is 1. The molecule has 0 bridgehead atoms. The smallest absolute Gasteiger partial charge is 0.0951 e. The Hall–Kier alpha value is -0.200. The minimum absolute atomic E-state index is 0.105. The average molecular weight is 245 g/mol. The molecule has 17 heavy (non-hydrogen) atoms. The number of hydrogen-bond donors (Lipinski definition) is 2. The molecular formula is C12H23NO4. The second-order valence-electron chi connectivity index (χ2n) is 4.96. The maximum absolute atomic E-state index is 9.07. The summed E-state index contributed by atoms with van der Waals surface area (Å²) in [7, 11) is 0. The predicted molar refractivity (Wildman–Crippen MR) is 62.9 cm³/mol. The topological polar surface area (TPSA) is 62.2 Å². The van der Waals surface area contributed by atoms with Gasteiger partial charge in [0, 0.05) is 38.8 Å². The Morgan fingerprint density at radius 1 is 1.18 bits per heavy atom. The maximum atomic E-state index is 9.07. The minimum atomic E-state index is -0.105. The van der Waals surface area contributed by atoms with Crippen molar-refractivity contribution >= 4 is 0 Å². The van der Waals surface area contributed by atoms with Gasteiger partial charge in [-0.1, -0.05) is 0 Å². The molecule has 0 aromatic carbocycles. The summed E-state index contributed by atoms with van der Waals surface area (Å²) in [4.78, 5) is 2.17. The molecule has 0 radical (unpaired) electrons. The lowest BCUT2D eigenvalue weighted by atomic mass is 9.89. The third kappa shape index (κ3) is 3.17. The van der Waals surface area contributed by atoms with Gasteiger partial charge in [0.05, 0.1) is 25.4 Å². The van der Waals surface area contributed by atoms with Gasteiger partial charge in [-0.25, -0.2) is 0 Å². The maximum Gasteiger partial charge on any atom is 0.0951 e. The van der Waals surface area contributed by atoms with Gasteiger partial charge in [-0.2, -0.15) is 0 Å². The first-order valence-electron chi connectivity index (χ1n) is 6.47. The zero-order valence-electron chi connectivity index (χ0n) is 10.3. The third-order valence-corrected chi connectivity index (χ3v) is 3.82. The molecule has 2 heterocycles.